The molecule has 5 rings (SSSR count). The van der Waals surface area contributed by atoms with E-state index in [1.165, 1.54) is 36.6 Å². The van der Waals surface area contributed by atoms with Crippen LogP contribution in [0.3, 0.4) is 0 Å². The summed E-state index contributed by atoms with van der Waals surface area (Å²) in [6, 6.07) is 26.3. The van der Waals surface area contributed by atoms with Crippen LogP contribution in [0.1, 0.15) is 49.7 Å². The van der Waals surface area contributed by atoms with E-state index in [4.69, 9.17) is 4.74 Å². The second kappa shape index (κ2) is 19.0. The second-order valence-corrected chi connectivity index (χ2v) is 10.2. The zero-order valence-corrected chi connectivity index (χ0v) is 35.6. The van der Waals surface area contributed by atoms with E-state index in [0.717, 1.165) is 43.0 Å². The first-order chi connectivity index (χ1) is 19.5. The Morgan fingerprint density at radius 3 is 1.71 bits per heavy atom. The summed E-state index contributed by atoms with van der Waals surface area (Å²) >= 11 is 0. The fourth-order valence-corrected chi connectivity index (χ4v) is 4.89. The van der Waals surface area contributed by atoms with E-state index < -0.39 is 24.0 Å². The molecule has 1 saturated carbocycles. The van der Waals surface area contributed by atoms with E-state index in [9.17, 15) is 26.3 Å². The van der Waals surface area contributed by atoms with Crippen LogP contribution >= 0.6 is 0 Å². The van der Waals surface area contributed by atoms with Crippen LogP contribution in [0.5, 0.6) is 11.5 Å². The SMILES string of the molecule is CC1CCC(c2c[c-]c(-c3ccc(C(F)(F)Oc4c[c-]c(-c5ccc(OC(F)(F)F)c(F)c5)[c-]c4)cc3)[c-]c2)CC1.[Y].[Y].[Y].[Y]. The average molecular weight is 922 g/mol. The molecule has 0 N–H and O–H groups in total. The maximum atomic E-state index is 14.9. The average Bonchev–Trinajstić information content (AvgIpc) is 2.94. The molecule has 45 heavy (non-hydrogen) atoms. The van der Waals surface area contributed by atoms with Gasteiger partial charge in [-0.15, -0.1) is 31.4 Å². The summed E-state index contributed by atoms with van der Waals surface area (Å²) in [6.07, 6.45) is -4.00. The van der Waals surface area contributed by atoms with E-state index in [-0.39, 0.29) is 153 Å². The van der Waals surface area contributed by atoms with Gasteiger partial charge in [0.2, 0.25) is 0 Å². The molecule has 0 atom stereocenters. The van der Waals surface area contributed by atoms with Gasteiger partial charge < -0.3 is 9.47 Å². The Hall–Kier alpha value is 0.476. The molecule has 226 valence electrons. The summed E-state index contributed by atoms with van der Waals surface area (Å²) in [5.41, 5.74) is 2.47. The van der Waals surface area contributed by atoms with Gasteiger partial charge in [-0.25, -0.2) is 22.1 Å². The van der Waals surface area contributed by atoms with Crippen molar-refractivity contribution in [1.82, 2.24) is 0 Å². The molecule has 0 amide bonds. The number of hydrogen-bond donors (Lipinski definition) is 0. The Bertz CT molecular complexity index is 1470. The van der Waals surface area contributed by atoms with Crippen LogP contribution in [0.25, 0.3) is 22.3 Å². The van der Waals surface area contributed by atoms with Gasteiger partial charge in [-0.05, 0) is 17.7 Å². The van der Waals surface area contributed by atoms with Gasteiger partial charge in [0, 0.05) is 131 Å². The number of halogens is 6. The summed E-state index contributed by atoms with van der Waals surface area (Å²) < 4.78 is 89.3. The molecule has 1 fully saturated rings. The zero-order valence-electron chi connectivity index (χ0n) is 24.2. The molecule has 12 heteroatoms. The first-order valence-corrected chi connectivity index (χ1v) is 13.1. The molecule has 0 bridgehead atoms. The Morgan fingerprint density at radius 2 is 1.18 bits per heavy atom. The van der Waals surface area contributed by atoms with E-state index >= 15 is 0 Å². The van der Waals surface area contributed by atoms with Gasteiger partial charge in [0.25, 0.3) is 0 Å². The first-order valence-electron chi connectivity index (χ1n) is 13.1. The number of ether oxygens (including phenoxy) is 2. The third-order valence-corrected chi connectivity index (χ3v) is 7.17. The maximum Gasteiger partial charge on any atom is 0.573 e. The van der Waals surface area contributed by atoms with E-state index in [2.05, 4.69) is 35.9 Å². The minimum Gasteiger partial charge on any atom is -0.524 e. The summed E-state index contributed by atoms with van der Waals surface area (Å²) in [6.45, 7) is 2.28. The summed E-state index contributed by atoms with van der Waals surface area (Å²) in [5, 5.41) is 0. The largest absolute Gasteiger partial charge is 0.573 e. The van der Waals surface area contributed by atoms with Gasteiger partial charge in [0.1, 0.15) is 5.82 Å². The molecule has 0 heterocycles. The number of hydrogen-bond acceptors (Lipinski definition) is 2. The van der Waals surface area contributed by atoms with E-state index in [1.54, 1.807) is 12.1 Å². The zero-order chi connectivity index (χ0) is 29.2. The molecule has 4 aromatic rings. The third-order valence-electron chi connectivity index (χ3n) is 7.17. The topological polar surface area (TPSA) is 18.5 Å². The minimum atomic E-state index is -5.04. The molecule has 0 aliphatic heterocycles. The van der Waals surface area contributed by atoms with Crippen LogP contribution in [0, 0.1) is 36.0 Å². The fourth-order valence-electron chi connectivity index (χ4n) is 4.89. The van der Waals surface area contributed by atoms with Gasteiger partial charge in [0.15, 0.2) is 5.75 Å². The van der Waals surface area contributed by atoms with Gasteiger partial charge in [-0.1, -0.05) is 56.7 Å². The number of benzene rings is 4. The number of alkyl halides is 5. The molecule has 0 unspecified atom stereocenters. The van der Waals surface area contributed by atoms with Crippen LogP contribution in [0.4, 0.5) is 26.3 Å². The Kier molecular flexibility index (Phi) is 18.4. The first kappa shape index (κ1) is 43.5. The molecular formula is C33H24F6O2Y4-4. The summed E-state index contributed by atoms with van der Waals surface area (Å²) in [7, 11) is 0. The quantitative estimate of drug-likeness (QED) is 0.136. The second-order valence-electron chi connectivity index (χ2n) is 10.2. The van der Waals surface area contributed by atoms with Crippen LogP contribution < -0.4 is 9.47 Å². The third kappa shape index (κ3) is 12.1. The maximum absolute atomic E-state index is 14.9. The molecule has 2 nitrogen and oxygen atoms in total. The smallest absolute Gasteiger partial charge is 0.524 e. The van der Waals surface area contributed by atoms with Crippen LogP contribution in [-0.2, 0) is 137 Å². The van der Waals surface area contributed by atoms with Crippen LogP contribution in [0.2, 0.25) is 0 Å². The summed E-state index contributed by atoms with van der Waals surface area (Å²) in [4.78, 5) is 0. The minimum absolute atomic E-state index is 0. The van der Waals surface area contributed by atoms with Crippen molar-refractivity contribution in [2.75, 3.05) is 0 Å². The van der Waals surface area contributed by atoms with Crippen molar-refractivity contribution in [2.45, 2.75) is 51.0 Å². The molecule has 0 saturated heterocycles. The predicted molar refractivity (Wildman–Crippen MR) is 141 cm³/mol. The number of rotatable bonds is 7. The fraction of sp³-hybridized carbons (Fsp3) is 0.273. The summed E-state index contributed by atoms with van der Waals surface area (Å²) in [5.74, 6) is -1.23. The van der Waals surface area contributed by atoms with Crippen molar-refractivity contribution in [3.05, 3.63) is 108 Å². The molecule has 0 aromatic heterocycles. The van der Waals surface area contributed by atoms with E-state index in [1.807, 2.05) is 12.1 Å². The van der Waals surface area contributed by atoms with Gasteiger partial charge in [-0.3, -0.25) is 35.4 Å². The predicted octanol–water partition coefficient (Wildman–Crippen LogP) is 9.67. The normalized spacial score (nSPS) is 16.2. The molecule has 4 radical (unpaired) electrons. The Labute approximate surface area is 360 Å². The molecule has 0 spiro atoms. The molecular weight excluding hydrogens is 898 g/mol. The van der Waals surface area contributed by atoms with Crippen molar-refractivity contribution in [1.29, 1.82) is 0 Å². The van der Waals surface area contributed by atoms with Crippen molar-refractivity contribution in [2.24, 2.45) is 5.92 Å². The Morgan fingerprint density at radius 1 is 0.667 bits per heavy atom. The van der Waals surface area contributed by atoms with Gasteiger partial charge >= 0.3 is 12.5 Å². The van der Waals surface area contributed by atoms with Crippen molar-refractivity contribution >= 4 is 0 Å². The van der Waals surface area contributed by atoms with Gasteiger partial charge in [-0.2, -0.15) is 32.0 Å². The van der Waals surface area contributed by atoms with Crippen molar-refractivity contribution < 1.29 is 167 Å². The van der Waals surface area contributed by atoms with Gasteiger partial charge in [0.05, 0.1) is 5.56 Å². The Balaban J connectivity index is 0.00000253. The van der Waals surface area contributed by atoms with Crippen molar-refractivity contribution in [3.63, 3.8) is 0 Å². The van der Waals surface area contributed by atoms with E-state index in [0.29, 0.717) is 17.0 Å². The monoisotopic (exact) mass is 922 g/mol. The standard InChI is InChI=1S/C33H24F6O2.4Y/c1-21-2-4-22(5-3-21)23-6-8-24(9-7-23)25-10-15-28(16-11-25)32(35,36)40-29-17-12-26(13-18-29)27-14-19-31(30(34)20-27)41-33(37,38)39;;;;/h6-7,10-11,14-22H,2-5H2,1H3;;;;/q-4;;;;. The molecule has 4 aromatic carbocycles. The van der Waals surface area contributed by atoms with Crippen molar-refractivity contribution in [3.8, 4) is 33.8 Å². The van der Waals surface area contributed by atoms with Crippen LogP contribution in [0.15, 0.2) is 66.7 Å². The molecule has 1 aliphatic rings. The van der Waals surface area contributed by atoms with Crippen LogP contribution in [-0.4, -0.2) is 6.36 Å². The molecule has 1 aliphatic carbocycles.